The fraction of sp³-hybridized carbons (Fsp3) is 0.500. The van der Waals surface area contributed by atoms with Crippen LogP contribution in [0.3, 0.4) is 0 Å². The minimum absolute atomic E-state index is 0.0411. The van der Waals surface area contributed by atoms with Crippen LogP contribution in [0.2, 0.25) is 0 Å². The smallest absolute Gasteiger partial charge is 0.309 e. The number of rotatable bonds is 7. The van der Waals surface area contributed by atoms with Crippen LogP contribution < -0.4 is 5.32 Å². The zero-order valence-corrected chi connectivity index (χ0v) is 14.8. The number of hydrogen-bond donors (Lipinski definition) is 1. The molecule has 24 heavy (non-hydrogen) atoms. The summed E-state index contributed by atoms with van der Waals surface area (Å²) in [4.78, 5) is 23.5. The van der Waals surface area contributed by atoms with E-state index in [1.54, 1.807) is 18.2 Å². The summed E-state index contributed by atoms with van der Waals surface area (Å²) in [6.45, 7) is 1.64. The molecule has 1 amide bonds. The van der Waals surface area contributed by atoms with E-state index in [2.05, 4.69) is 5.32 Å². The van der Waals surface area contributed by atoms with E-state index in [9.17, 15) is 18.0 Å². The zero-order chi connectivity index (χ0) is 17.9. The van der Waals surface area contributed by atoms with E-state index in [-0.39, 0.29) is 29.9 Å². The van der Waals surface area contributed by atoms with Gasteiger partial charge in [-0.15, -0.1) is 0 Å². The number of amides is 1. The van der Waals surface area contributed by atoms with E-state index >= 15 is 0 Å². The molecule has 0 aliphatic heterocycles. The number of ether oxygens (including phenoxy) is 1. The quantitative estimate of drug-likeness (QED) is 0.730. The Morgan fingerprint density at radius 3 is 2.50 bits per heavy atom. The molecule has 8 heteroatoms. The van der Waals surface area contributed by atoms with Gasteiger partial charge in [0.2, 0.25) is 10.0 Å². The molecule has 1 aromatic rings. The van der Waals surface area contributed by atoms with Gasteiger partial charge in [0, 0.05) is 20.6 Å². The minimum atomic E-state index is -3.59. The fourth-order valence-corrected chi connectivity index (χ4v) is 3.35. The van der Waals surface area contributed by atoms with Crippen molar-refractivity contribution in [3.63, 3.8) is 0 Å². The summed E-state index contributed by atoms with van der Waals surface area (Å²) in [6.07, 6.45) is 0.802. The van der Waals surface area contributed by atoms with Crippen molar-refractivity contribution in [2.45, 2.75) is 24.8 Å². The Morgan fingerprint density at radius 1 is 1.29 bits per heavy atom. The number of hydrogen-bond acceptors (Lipinski definition) is 5. The number of sulfonamides is 1. The molecule has 2 rings (SSSR count). The van der Waals surface area contributed by atoms with Gasteiger partial charge in [-0.2, -0.15) is 0 Å². The van der Waals surface area contributed by atoms with Crippen LogP contribution in [0, 0.1) is 11.8 Å². The van der Waals surface area contributed by atoms with Crippen LogP contribution in [0.1, 0.15) is 18.9 Å². The molecule has 132 valence electrons. The second kappa shape index (κ2) is 7.31. The van der Waals surface area contributed by atoms with Crippen LogP contribution in [0.25, 0.3) is 0 Å². The summed E-state index contributed by atoms with van der Waals surface area (Å²) in [5.74, 6) is -0.589. The molecule has 0 heterocycles. The van der Waals surface area contributed by atoms with Crippen LogP contribution in [0.5, 0.6) is 0 Å². The highest BCUT2D eigenvalue weighted by atomic mass is 32.2. The first-order valence-corrected chi connectivity index (χ1v) is 9.11. The summed E-state index contributed by atoms with van der Waals surface area (Å²) < 4.78 is 30.6. The highest BCUT2D eigenvalue weighted by molar-refractivity contribution is 7.89. The predicted octanol–water partition coefficient (Wildman–Crippen LogP) is 0.752. The Bertz CT molecular complexity index is 730. The molecule has 0 bridgehead atoms. The first-order chi connectivity index (χ1) is 11.2. The van der Waals surface area contributed by atoms with E-state index in [0.29, 0.717) is 11.5 Å². The lowest BCUT2D eigenvalue weighted by Gasteiger charge is -2.15. The Labute approximate surface area is 142 Å². The Kier molecular flexibility index (Phi) is 5.61. The summed E-state index contributed by atoms with van der Waals surface area (Å²) in [5, 5.41) is 2.58. The molecule has 0 aromatic heterocycles. The van der Waals surface area contributed by atoms with Gasteiger partial charge in [0.25, 0.3) is 5.91 Å². The third-order valence-electron chi connectivity index (χ3n) is 3.96. The molecule has 0 unspecified atom stereocenters. The Hall–Kier alpha value is -1.93. The SMILES string of the molecule is C[C@H]1C[C@@H]1C(=O)OCC(=O)NCc1ccccc1S(=O)(=O)N(C)C. The van der Waals surface area contributed by atoms with Crippen molar-refractivity contribution in [2.24, 2.45) is 11.8 Å². The van der Waals surface area contributed by atoms with Crippen molar-refractivity contribution in [1.29, 1.82) is 0 Å². The van der Waals surface area contributed by atoms with Gasteiger partial charge in [0.15, 0.2) is 6.61 Å². The van der Waals surface area contributed by atoms with Crippen molar-refractivity contribution in [3.8, 4) is 0 Å². The molecule has 1 saturated carbocycles. The largest absolute Gasteiger partial charge is 0.455 e. The standard InChI is InChI=1S/C16H22N2O5S/c1-11-8-13(11)16(20)23-10-15(19)17-9-12-6-4-5-7-14(12)24(21,22)18(2)3/h4-7,11,13H,8-10H2,1-3H3,(H,17,19)/t11-,13-/m0/s1. The molecule has 0 spiro atoms. The third-order valence-corrected chi connectivity index (χ3v) is 5.88. The number of benzene rings is 1. The van der Waals surface area contributed by atoms with Crippen LogP contribution in [-0.2, 0) is 30.9 Å². The van der Waals surface area contributed by atoms with E-state index < -0.39 is 15.9 Å². The molecule has 2 atom stereocenters. The normalized spacial score (nSPS) is 19.8. The Balaban J connectivity index is 1.92. The van der Waals surface area contributed by atoms with Crippen molar-refractivity contribution in [3.05, 3.63) is 29.8 Å². The maximum atomic E-state index is 12.3. The van der Waals surface area contributed by atoms with Crippen LogP contribution >= 0.6 is 0 Å². The molecule has 1 aliphatic carbocycles. The molecular formula is C16H22N2O5S. The lowest BCUT2D eigenvalue weighted by Crippen LogP contribution is -2.30. The first-order valence-electron chi connectivity index (χ1n) is 7.67. The van der Waals surface area contributed by atoms with Crippen molar-refractivity contribution in [2.75, 3.05) is 20.7 Å². The molecular weight excluding hydrogens is 332 g/mol. The lowest BCUT2D eigenvalue weighted by molar-refractivity contribution is -0.150. The van der Waals surface area contributed by atoms with E-state index in [0.717, 1.165) is 10.7 Å². The maximum Gasteiger partial charge on any atom is 0.309 e. The van der Waals surface area contributed by atoms with Gasteiger partial charge < -0.3 is 10.1 Å². The molecule has 1 N–H and O–H groups in total. The molecule has 0 saturated heterocycles. The molecule has 1 aliphatic rings. The van der Waals surface area contributed by atoms with Gasteiger partial charge in [0.1, 0.15) is 0 Å². The van der Waals surface area contributed by atoms with Gasteiger partial charge in [-0.3, -0.25) is 9.59 Å². The van der Waals surface area contributed by atoms with Crippen LogP contribution in [0.4, 0.5) is 0 Å². The van der Waals surface area contributed by atoms with Crippen molar-refractivity contribution < 1.29 is 22.7 Å². The fourth-order valence-electron chi connectivity index (χ4n) is 2.24. The molecule has 1 aromatic carbocycles. The second-order valence-corrected chi connectivity index (χ2v) is 8.22. The number of nitrogens with one attached hydrogen (secondary N) is 1. The highest BCUT2D eigenvalue weighted by Gasteiger charge is 2.40. The van der Waals surface area contributed by atoms with E-state index in [1.165, 1.54) is 20.2 Å². The van der Waals surface area contributed by atoms with Crippen LogP contribution in [0.15, 0.2) is 29.2 Å². The zero-order valence-electron chi connectivity index (χ0n) is 14.0. The van der Waals surface area contributed by atoms with Gasteiger partial charge in [0.05, 0.1) is 10.8 Å². The number of esters is 1. The summed E-state index contributed by atoms with van der Waals surface area (Å²) >= 11 is 0. The third kappa shape index (κ3) is 4.33. The summed E-state index contributed by atoms with van der Waals surface area (Å²) in [6, 6.07) is 6.45. The van der Waals surface area contributed by atoms with Gasteiger partial charge in [-0.05, 0) is 24.0 Å². The lowest BCUT2D eigenvalue weighted by atomic mass is 10.2. The average molecular weight is 354 g/mol. The minimum Gasteiger partial charge on any atom is -0.455 e. The van der Waals surface area contributed by atoms with E-state index in [4.69, 9.17) is 4.74 Å². The second-order valence-electron chi connectivity index (χ2n) is 6.10. The average Bonchev–Trinajstić information content (AvgIpc) is 3.27. The van der Waals surface area contributed by atoms with Gasteiger partial charge >= 0.3 is 5.97 Å². The highest BCUT2D eigenvalue weighted by Crippen LogP contribution is 2.38. The molecule has 0 radical (unpaired) electrons. The number of carbonyl (C=O) groups excluding carboxylic acids is 2. The summed E-state index contributed by atoms with van der Waals surface area (Å²) in [7, 11) is -0.699. The Morgan fingerprint density at radius 2 is 1.92 bits per heavy atom. The van der Waals surface area contributed by atoms with Crippen LogP contribution in [-0.4, -0.2) is 45.3 Å². The van der Waals surface area contributed by atoms with Crippen molar-refractivity contribution in [1.82, 2.24) is 9.62 Å². The first kappa shape index (κ1) is 18.4. The number of carbonyl (C=O) groups is 2. The maximum absolute atomic E-state index is 12.3. The number of nitrogens with zero attached hydrogens (tertiary/aromatic N) is 1. The van der Waals surface area contributed by atoms with Gasteiger partial charge in [-0.1, -0.05) is 25.1 Å². The van der Waals surface area contributed by atoms with Gasteiger partial charge in [-0.25, -0.2) is 12.7 Å². The molecule has 7 nitrogen and oxygen atoms in total. The van der Waals surface area contributed by atoms with E-state index in [1.807, 2.05) is 6.92 Å². The monoisotopic (exact) mass is 354 g/mol. The summed E-state index contributed by atoms with van der Waals surface area (Å²) in [5.41, 5.74) is 0.474. The topological polar surface area (TPSA) is 92.8 Å². The van der Waals surface area contributed by atoms with Crippen molar-refractivity contribution >= 4 is 21.9 Å². The predicted molar refractivity (Wildman–Crippen MR) is 87.4 cm³/mol. The molecule has 1 fully saturated rings.